The van der Waals surface area contributed by atoms with E-state index >= 15 is 0 Å². The number of fused-ring (bicyclic) bond motifs is 2. The van der Waals surface area contributed by atoms with Gasteiger partial charge >= 0.3 is 0 Å². The van der Waals surface area contributed by atoms with Gasteiger partial charge in [-0.05, 0) is 44.0 Å². The van der Waals surface area contributed by atoms with Gasteiger partial charge < -0.3 is 14.4 Å². The summed E-state index contributed by atoms with van der Waals surface area (Å²) in [6, 6.07) is 5.47. The van der Waals surface area contributed by atoms with E-state index in [0.29, 0.717) is 35.3 Å². The Bertz CT molecular complexity index is 1310. The molecule has 0 bridgehead atoms. The Morgan fingerprint density at radius 2 is 1.88 bits per heavy atom. The molecule has 32 heavy (non-hydrogen) atoms. The number of nitrogens with one attached hydrogen (secondary N) is 1. The van der Waals surface area contributed by atoms with Crippen LogP contribution < -0.4 is 11.0 Å². The van der Waals surface area contributed by atoms with Crippen LogP contribution in [0.25, 0.3) is 16.7 Å². The van der Waals surface area contributed by atoms with Crippen molar-refractivity contribution < 1.29 is 4.79 Å². The quantitative estimate of drug-likeness (QED) is 0.641. The predicted molar refractivity (Wildman–Crippen MR) is 123 cm³/mol. The van der Waals surface area contributed by atoms with E-state index in [0.717, 1.165) is 50.9 Å². The molecular weight excluding hydrogens is 404 g/mol. The molecule has 0 atom stereocenters. The van der Waals surface area contributed by atoms with Gasteiger partial charge in [-0.1, -0.05) is 25.8 Å². The summed E-state index contributed by atoms with van der Waals surface area (Å²) in [7, 11) is 0. The standard InChI is InChI=1S/C24H30N6O2/c1-3-27-11-13-28(14-12-27)23(31)18-15-19-22(30(20(18)25)17-8-4-5-9-17)26-21-16(2)7-6-10-29(21)24(19)32/h6-7,10,15,17,25H,3-5,8-9,11-14H2,1-2H3. The number of amides is 1. The molecule has 2 fully saturated rings. The second-order valence-electron chi connectivity index (χ2n) is 8.98. The molecule has 3 aromatic rings. The lowest BCUT2D eigenvalue weighted by molar-refractivity contribution is 0.0640. The minimum atomic E-state index is -0.190. The maximum Gasteiger partial charge on any atom is 0.267 e. The third kappa shape index (κ3) is 3.33. The van der Waals surface area contributed by atoms with Gasteiger partial charge in [-0.3, -0.25) is 19.4 Å². The second kappa shape index (κ2) is 8.16. The molecule has 0 spiro atoms. The number of likely N-dealkylation sites (N-methyl/N-ethyl adjacent to an activating group) is 1. The molecule has 1 saturated carbocycles. The van der Waals surface area contributed by atoms with Gasteiger partial charge in [0.05, 0.1) is 10.9 Å². The summed E-state index contributed by atoms with van der Waals surface area (Å²) in [6.45, 7) is 7.98. The first-order chi connectivity index (χ1) is 15.5. The molecular formula is C24H30N6O2. The van der Waals surface area contributed by atoms with Crippen molar-refractivity contribution in [1.82, 2.24) is 23.8 Å². The molecule has 1 aliphatic carbocycles. The second-order valence-corrected chi connectivity index (χ2v) is 8.98. The first-order valence-corrected chi connectivity index (χ1v) is 11.6. The lowest BCUT2D eigenvalue weighted by Crippen LogP contribution is -2.49. The fourth-order valence-electron chi connectivity index (χ4n) is 5.18. The molecule has 4 heterocycles. The number of hydrogen-bond acceptors (Lipinski definition) is 5. The van der Waals surface area contributed by atoms with Gasteiger partial charge in [0.15, 0.2) is 0 Å². The summed E-state index contributed by atoms with van der Waals surface area (Å²) < 4.78 is 3.42. The number of piperazine rings is 1. The normalized spacial score (nSPS) is 18.1. The van der Waals surface area contributed by atoms with Crippen molar-refractivity contribution in [2.75, 3.05) is 32.7 Å². The zero-order chi connectivity index (χ0) is 22.4. The van der Waals surface area contributed by atoms with E-state index in [-0.39, 0.29) is 23.0 Å². The molecule has 8 heteroatoms. The highest BCUT2D eigenvalue weighted by Gasteiger charge is 2.27. The zero-order valence-corrected chi connectivity index (χ0v) is 18.8. The molecule has 0 radical (unpaired) electrons. The van der Waals surface area contributed by atoms with Crippen LogP contribution in [-0.4, -0.2) is 62.4 Å². The molecule has 0 unspecified atom stereocenters. The van der Waals surface area contributed by atoms with Crippen LogP contribution in [0.15, 0.2) is 29.2 Å². The number of aryl methyl sites for hydroxylation is 1. The highest BCUT2D eigenvalue weighted by molar-refractivity contribution is 5.97. The molecule has 1 amide bonds. The van der Waals surface area contributed by atoms with Crippen molar-refractivity contribution in [3.05, 3.63) is 51.4 Å². The van der Waals surface area contributed by atoms with Crippen LogP contribution in [0.5, 0.6) is 0 Å². The van der Waals surface area contributed by atoms with E-state index in [2.05, 4.69) is 11.8 Å². The van der Waals surface area contributed by atoms with Gasteiger partial charge in [0.2, 0.25) is 0 Å². The third-order valence-electron chi connectivity index (χ3n) is 7.10. The van der Waals surface area contributed by atoms with Crippen LogP contribution in [0.4, 0.5) is 0 Å². The number of pyridine rings is 2. The third-order valence-corrected chi connectivity index (χ3v) is 7.10. The van der Waals surface area contributed by atoms with Gasteiger partial charge in [-0.15, -0.1) is 0 Å². The fraction of sp³-hybridized carbons (Fsp3) is 0.500. The van der Waals surface area contributed by atoms with Gasteiger partial charge in [0.25, 0.3) is 11.5 Å². The molecule has 168 valence electrons. The minimum Gasteiger partial charge on any atom is -0.336 e. The predicted octanol–water partition coefficient (Wildman–Crippen LogP) is 2.33. The maximum atomic E-state index is 13.5. The highest BCUT2D eigenvalue weighted by atomic mass is 16.2. The minimum absolute atomic E-state index is 0.0908. The Kier molecular flexibility index (Phi) is 5.33. The summed E-state index contributed by atoms with van der Waals surface area (Å²) in [5.74, 6) is -0.159. The Balaban J connectivity index is 1.72. The fourth-order valence-corrected chi connectivity index (χ4v) is 5.18. The Morgan fingerprint density at radius 1 is 1.16 bits per heavy atom. The average Bonchev–Trinajstić information content (AvgIpc) is 3.34. The van der Waals surface area contributed by atoms with Crippen molar-refractivity contribution in [2.45, 2.75) is 45.6 Å². The van der Waals surface area contributed by atoms with Crippen LogP contribution in [0, 0.1) is 12.3 Å². The number of nitrogens with zero attached hydrogens (tertiary/aromatic N) is 5. The van der Waals surface area contributed by atoms with Crippen LogP contribution in [0.2, 0.25) is 0 Å². The van der Waals surface area contributed by atoms with Crippen molar-refractivity contribution in [3.63, 3.8) is 0 Å². The van der Waals surface area contributed by atoms with Crippen LogP contribution in [0.3, 0.4) is 0 Å². The first kappa shape index (κ1) is 20.9. The monoisotopic (exact) mass is 434 g/mol. The average molecular weight is 435 g/mol. The van der Waals surface area contributed by atoms with Crippen LogP contribution in [-0.2, 0) is 0 Å². The number of hydrogen-bond donors (Lipinski definition) is 1. The molecule has 8 nitrogen and oxygen atoms in total. The smallest absolute Gasteiger partial charge is 0.267 e. The summed E-state index contributed by atoms with van der Waals surface area (Å²) in [5, 5.41) is 9.42. The van der Waals surface area contributed by atoms with Gasteiger partial charge in [-0.25, -0.2) is 4.98 Å². The number of aromatic nitrogens is 3. The first-order valence-electron chi connectivity index (χ1n) is 11.6. The maximum absolute atomic E-state index is 13.5. The van der Waals surface area contributed by atoms with Crippen molar-refractivity contribution in [1.29, 1.82) is 5.41 Å². The molecule has 0 aromatic carbocycles. The highest BCUT2D eigenvalue weighted by Crippen LogP contribution is 2.30. The number of rotatable bonds is 3. The van der Waals surface area contributed by atoms with Gasteiger partial charge in [-0.2, -0.15) is 0 Å². The number of carbonyl (C=O) groups is 1. The van der Waals surface area contributed by atoms with Crippen LogP contribution >= 0.6 is 0 Å². The summed E-state index contributed by atoms with van der Waals surface area (Å²) in [4.78, 5) is 36.0. The Morgan fingerprint density at radius 3 is 2.56 bits per heavy atom. The van der Waals surface area contributed by atoms with Gasteiger partial charge in [0, 0.05) is 38.4 Å². The number of carbonyl (C=O) groups excluding carboxylic acids is 1. The molecule has 1 aliphatic heterocycles. The van der Waals surface area contributed by atoms with E-state index in [1.807, 2.05) is 28.5 Å². The molecule has 3 aromatic heterocycles. The van der Waals surface area contributed by atoms with Crippen molar-refractivity contribution >= 4 is 22.6 Å². The SMILES string of the molecule is CCN1CCN(C(=O)c2cc3c(=O)n4cccc(C)c4nc3n(C3CCCC3)c2=N)CC1. The molecule has 1 N–H and O–H groups in total. The van der Waals surface area contributed by atoms with E-state index in [4.69, 9.17) is 10.4 Å². The summed E-state index contributed by atoms with van der Waals surface area (Å²) >= 11 is 0. The topological polar surface area (TPSA) is 86.7 Å². The largest absolute Gasteiger partial charge is 0.336 e. The van der Waals surface area contributed by atoms with Crippen molar-refractivity contribution in [3.8, 4) is 0 Å². The Labute approximate surface area is 186 Å². The lowest BCUT2D eigenvalue weighted by Gasteiger charge is -2.34. The van der Waals surface area contributed by atoms with E-state index in [1.54, 1.807) is 16.7 Å². The molecule has 5 rings (SSSR count). The Hall–Kier alpha value is -3.00. The zero-order valence-electron chi connectivity index (χ0n) is 18.8. The lowest BCUT2D eigenvalue weighted by atomic mass is 10.1. The van der Waals surface area contributed by atoms with Crippen LogP contribution in [0.1, 0.15) is 54.6 Å². The summed E-state index contributed by atoms with van der Waals surface area (Å²) in [6.07, 6.45) is 5.76. The van der Waals surface area contributed by atoms with Gasteiger partial charge in [0.1, 0.15) is 16.8 Å². The van der Waals surface area contributed by atoms with E-state index in [9.17, 15) is 9.59 Å². The summed E-state index contributed by atoms with van der Waals surface area (Å²) in [5.41, 5.74) is 2.33. The van der Waals surface area contributed by atoms with Crippen molar-refractivity contribution in [2.24, 2.45) is 0 Å². The van der Waals surface area contributed by atoms with E-state index < -0.39 is 0 Å². The molecule has 1 saturated heterocycles. The molecule has 2 aliphatic rings. The van der Waals surface area contributed by atoms with E-state index in [1.165, 1.54) is 0 Å².